The van der Waals surface area contributed by atoms with Gasteiger partial charge in [0.15, 0.2) is 16.8 Å². The summed E-state index contributed by atoms with van der Waals surface area (Å²) in [6.07, 6.45) is 3.39. The van der Waals surface area contributed by atoms with Gasteiger partial charge < -0.3 is 5.73 Å². The summed E-state index contributed by atoms with van der Waals surface area (Å²) in [4.78, 5) is 39.3. The van der Waals surface area contributed by atoms with Crippen LogP contribution in [0.1, 0.15) is 48.1 Å². The number of carbonyl (C=O) groups is 1. The van der Waals surface area contributed by atoms with Gasteiger partial charge in [0.2, 0.25) is 0 Å². The third-order valence-electron chi connectivity index (χ3n) is 5.40. The second kappa shape index (κ2) is 7.49. The Labute approximate surface area is 179 Å². The van der Waals surface area contributed by atoms with Gasteiger partial charge >= 0.3 is 5.69 Å². The fourth-order valence-electron chi connectivity index (χ4n) is 3.60. The molecule has 0 bridgehead atoms. The lowest BCUT2D eigenvalue weighted by molar-refractivity contribution is 0.102. The molecule has 2 saturated carbocycles. The molecule has 3 aromatic rings. The number of carbonyl (C=O) groups excluding carboxylic acids is 1. The van der Waals surface area contributed by atoms with Crippen LogP contribution >= 0.6 is 11.8 Å². The molecule has 0 spiro atoms. The number of halogens is 1. The van der Waals surface area contributed by atoms with Gasteiger partial charge in [-0.2, -0.15) is 0 Å². The molecule has 9 nitrogen and oxygen atoms in total. The Bertz CT molecular complexity index is 1300. The van der Waals surface area contributed by atoms with Gasteiger partial charge in [0.05, 0.1) is 11.3 Å². The van der Waals surface area contributed by atoms with Crippen LogP contribution in [0.3, 0.4) is 0 Å². The average Bonchev–Trinajstić information content (AvgIpc) is 3.66. The minimum absolute atomic E-state index is 0.0788. The average molecular weight is 442 g/mol. The van der Waals surface area contributed by atoms with Crippen LogP contribution in [-0.2, 0) is 0 Å². The molecular formula is C20H19FN6O3S. The number of anilines is 1. The van der Waals surface area contributed by atoms with E-state index in [2.05, 4.69) is 15.2 Å². The lowest BCUT2D eigenvalue weighted by atomic mass is 10.2. The summed E-state index contributed by atoms with van der Waals surface area (Å²) in [5.41, 5.74) is 4.76. The highest BCUT2D eigenvalue weighted by atomic mass is 32.2. The number of benzene rings is 1. The van der Waals surface area contributed by atoms with E-state index in [0.717, 1.165) is 37.4 Å². The third-order valence-corrected chi connectivity index (χ3v) is 6.34. The van der Waals surface area contributed by atoms with Crippen molar-refractivity contribution >= 4 is 23.4 Å². The predicted molar refractivity (Wildman–Crippen MR) is 113 cm³/mol. The summed E-state index contributed by atoms with van der Waals surface area (Å²) in [6.45, 7) is 0. The number of Topliss-reactive ketones (excluding diaryl/α,β-unsaturated/α-hetero) is 1. The number of hydrogen-bond donors (Lipinski definition) is 2. The number of nitrogens with one attached hydrogen (secondary N) is 1. The largest absolute Gasteiger partial charge is 0.384 e. The fourth-order valence-corrected chi connectivity index (χ4v) is 4.47. The highest BCUT2D eigenvalue weighted by Crippen LogP contribution is 2.41. The molecule has 0 unspecified atom stereocenters. The quantitative estimate of drug-likeness (QED) is 0.424. The number of aromatic nitrogens is 5. The van der Waals surface area contributed by atoms with E-state index in [1.165, 1.54) is 10.6 Å². The number of ketones is 1. The van der Waals surface area contributed by atoms with E-state index in [1.54, 1.807) is 18.2 Å². The van der Waals surface area contributed by atoms with Crippen molar-refractivity contribution in [3.05, 3.63) is 56.5 Å². The molecule has 1 aromatic carbocycles. The van der Waals surface area contributed by atoms with Gasteiger partial charge in [-0.05, 0) is 37.8 Å². The number of nitrogens with two attached hydrogens (primary N) is 1. The molecule has 2 heterocycles. The van der Waals surface area contributed by atoms with Crippen LogP contribution in [0, 0.1) is 5.82 Å². The van der Waals surface area contributed by atoms with Gasteiger partial charge in [0, 0.05) is 12.1 Å². The zero-order valence-corrected chi connectivity index (χ0v) is 17.2. The van der Waals surface area contributed by atoms with E-state index >= 15 is 0 Å². The number of nitrogen functional groups attached to an aromatic ring is 1. The molecule has 0 saturated heterocycles. The molecule has 2 fully saturated rings. The Morgan fingerprint density at radius 3 is 2.48 bits per heavy atom. The van der Waals surface area contributed by atoms with Crippen LogP contribution in [-0.4, -0.2) is 35.9 Å². The number of rotatable bonds is 7. The summed E-state index contributed by atoms with van der Waals surface area (Å²) < 4.78 is 17.4. The zero-order chi connectivity index (χ0) is 21.7. The zero-order valence-electron chi connectivity index (χ0n) is 16.4. The first-order valence-electron chi connectivity index (χ1n) is 9.95. The van der Waals surface area contributed by atoms with E-state index in [0.29, 0.717) is 16.5 Å². The van der Waals surface area contributed by atoms with E-state index in [4.69, 9.17) is 5.73 Å². The van der Waals surface area contributed by atoms with Crippen LogP contribution in [0.4, 0.5) is 10.2 Å². The normalized spacial score (nSPS) is 15.9. The second-order valence-electron chi connectivity index (χ2n) is 7.72. The van der Waals surface area contributed by atoms with Crippen molar-refractivity contribution in [3.63, 3.8) is 0 Å². The number of hydrogen-bond acceptors (Lipinski definition) is 7. The van der Waals surface area contributed by atoms with Gasteiger partial charge in [-0.3, -0.25) is 23.7 Å². The van der Waals surface area contributed by atoms with Gasteiger partial charge in [0.1, 0.15) is 17.2 Å². The molecule has 0 amide bonds. The molecule has 160 valence electrons. The van der Waals surface area contributed by atoms with Gasteiger partial charge in [0.25, 0.3) is 5.56 Å². The van der Waals surface area contributed by atoms with E-state index < -0.39 is 22.8 Å². The van der Waals surface area contributed by atoms with E-state index in [9.17, 15) is 18.8 Å². The minimum Gasteiger partial charge on any atom is -0.384 e. The highest BCUT2D eigenvalue weighted by molar-refractivity contribution is 7.99. The predicted octanol–water partition coefficient (Wildman–Crippen LogP) is 2.16. The van der Waals surface area contributed by atoms with Crippen LogP contribution in [0.5, 0.6) is 0 Å². The first kappa shape index (κ1) is 19.7. The first-order valence-corrected chi connectivity index (χ1v) is 10.9. The number of aromatic amines is 1. The van der Waals surface area contributed by atoms with Gasteiger partial charge in [-0.15, -0.1) is 10.2 Å². The van der Waals surface area contributed by atoms with Crippen LogP contribution in [0.2, 0.25) is 0 Å². The van der Waals surface area contributed by atoms with Crippen molar-refractivity contribution in [1.29, 1.82) is 0 Å². The SMILES string of the molecule is Nc1c(C(=O)CSc2nnc(-c3ccccc3F)n2C2CC2)c(=O)[nH]c(=O)n1C1CC1. The molecule has 0 aliphatic heterocycles. The molecule has 0 atom stereocenters. The Balaban J connectivity index is 1.43. The minimum atomic E-state index is -0.791. The standard InChI is InChI=1S/C20H19FN6O3S/c21-13-4-2-1-3-12(13)17-24-25-20(27(17)11-7-8-11)31-9-14(28)15-16(22)26(10-5-6-10)19(30)23-18(15)29/h1-4,10-11H,5-9,22H2,(H,23,29,30). The Morgan fingerprint density at radius 2 is 1.81 bits per heavy atom. The number of H-pyrrole nitrogens is 1. The Morgan fingerprint density at radius 1 is 1.13 bits per heavy atom. The Kier molecular flexibility index (Phi) is 4.77. The van der Waals surface area contributed by atoms with E-state index in [1.807, 2.05) is 4.57 Å². The highest BCUT2D eigenvalue weighted by Gasteiger charge is 2.32. The van der Waals surface area contributed by atoms with Gasteiger partial charge in [-0.1, -0.05) is 23.9 Å². The maximum atomic E-state index is 14.3. The van der Waals surface area contributed by atoms with Crippen molar-refractivity contribution < 1.29 is 9.18 Å². The third kappa shape index (κ3) is 3.58. The monoisotopic (exact) mass is 442 g/mol. The second-order valence-corrected chi connectivity index (χ2v) is 8.66. The maximum absolute atomic E-state index is 14.3. The molecule has 2 aromatic heterocycles. The molecular weight excluding hydrogens is 423 g/mol. The summed E-state index contributed by atoms with van der Waals surface area (Å²) in [7, 11) is 0. The lowest BCUT2D eigenvalue weighted by Crippen LogP contribution is -2.36. The smallest absolute Gasteiger partial charge is 0.330 e. The Hall–Kier alpha value is -3.21. The lowest BCUT2D eigenvalue weighted by Gasteiger charge is -2.11. The van der Waals surface area contributed by atoms with Crippen molar-refractivity contribution in [2.24, 2.45) is 0 Å². The van der Waals surface area contributed by atoms with Crippen molar-refractivity contribution in [3.8, 4) is 11.4 Å². The van der Waals surface area contributed by atoms with Crippen LogP contribution in [0.25, 0.3) is 11.4 Å². The van der Waals surface area contributed by atoms with Crippen molar-refractivity contribution in [2.45, 2.75) is 42.9 Å². The first-order chi connectivity index (χ1) is 15.0. The van der Waals surface area contributed by atoms with Gasteiger partial charge in [-0.25, -0.2) is 9.18 Å². The molecule has 2 aliphatic rings. The molecule has 3 N–H and O–H groups in total. The maximum Gasteiger partial charge on any atom is 0.330 e. The van der Waals surface area contributed by atoms with Crippen LogP contribution < -0.4 is 17.0 Å². The summed E-state index contributed by atoms with van der Waals surface area (Å²) in [6, 6.07) is 6.40. The molecule has 0 radical (unpaired) electrons. The fraction of sp³-hybridized carbons (Fsp3) is 0.350. The van der Waals surface area contributed by atoms with Crippen molar-refractivity contribution in [1.82, 2.24) is 24.3 Å². The summed E-state index contributed by atoms with van der Waals surface area (Å²) in [5, 5.41) is 8.79. The summed E-state index contributed by atoms with van der Waals surface area (Å²) in [5.74, 6) is -0.701. The molecule has 2 aliphatic carbocycles. The van der Waals surface area contributed by atoms with Crippen molar-refractivity contribution in [2.75, 3.05) is 11.5 Å². The number of thioether (sulfide) groups is 1. The van der Waals surface area contributed by atoms with E-state index in [-0.39, 0.29) is 29.2 Å². The molecule has 31 heavy (non-hydrogen) atoms. The molecule has 5 rings (SSSR count). The topological polar surface area (TPSA) is 129 Å². The van der Waals surface area contributed by atoms with Crippen LogP contribution in [0.15, 0.2) is 39.0 Å². The molecule has 11 heteroatoms. The number of nitrogens with zero attached hydrogens (tertiary/aromatic N) is 4. The summed E-state index contributed by atoms with van der Waals surface area (Å²) >= 11 is 1.11.